The van der Waals surface area contributed by atoms with Crippen LogP contribution >= 0.6 is 12.4 Å². The summed E-state index contributed by atoms with van der Waals surface area (Å²) in [6, 6.07) is 0.104. The molecule has 1 amide bonds. The Kier molecular flexibility index (Phi) is 8.41. The van der Waals surface area contributed by atoms with E-state index in [1.165, 1.54) is 0 Å². The van der Waals surface area contributed by atoms with Gasteiger partial charge in [0.25, 0.3) is 0 Å². The molecule has 1 aliphatic heterocycles. The smallest absolute Gasteiger partial charge is 0.340 e. The van der Waals surface area contributed by atoms with Gasteiger partial charge in [0.15, 0.2) is 0 Å². The third-order valence-corrected chi connectivity index (χ3v) is 3.16. The van der Waals surface area contributed by atoms with Crippen molar-refractivity contribution in [3.63, 3.8) is 0 Å². The van der Waals surface area contributed by atoms with Crippen LogP contribution in [0, 0.1) is 0 Å². The van der Waals surface area contributed by atoms with Crippen LogP contribution in [0.25, 0.3) is 0 Å². The van der Waals surface area contributed by atoms with Crippen LogP contribution in [0.15, 0.2) is 0 Å². The summed E-state index contributed by atoms with van der Waals surface area (Å²) in [6.45, 7) is 4.15. The number of nitrogens with one attached hydrogen (secondary N) is 1. The fourth-order valence-electron chi connectivity index (χ4n) is 2.26. The second-order valence-electron chi connectivity index (χ2n) is 4.68. The molecule has 3 nitrogen and oxygen atoms in total. The summed E-state index contributed by atoms with van der Waals surface area (Å²) >= 11 is 0. The highest BCUT2D eigenvalue weighted by Gasteiger charge is 2.31. The summed E-state index contributed by atoms with van der Waals surface area (Å²) in [6.07, 6.45) is -3.25. The van der Waals surface area contributed by atoms with Gasteiger partial charge in [-0.3, -0.25) is 4.79 Å². The predicted octanol–water partition coefficient (Wildman–Crippen LogP) is 2.74. The first-order valence-electron chi connectivity index (χ1n) is 6.51. The van der Waals surface area contributed by atoms with E-state index in [9.17, 15) is 18.0 Å². The van der Waals surface area contributed by atoms with Gasteiger partial charge in [-0.25, -0.2) is 0 Å². The zero-order chi connectivity index (χ0) is 13.6. The van der Waals surface area contributed by atoms with Crippen LogP contribution in [-0.4, -0.2) is 42.7 Å². The number of alkyl halides is 3. The molecule has 19 heavy (non-hydrogen) atoms. The summed E-state index contributed by atoms with van der Waals surface area (Å²) in [4.78, 5) is 13.5. The molecule has 0 atom stereocenters. The van der Waals surface area contributed by atoms with Crippen molar-refractivity contribution in [2.45, 2.75) is 51.2 Å². The van der Waals surface area contributed by atoms with E-state index in [2.05, 4.69) is 5.32 Å². The molecule has 1 fully saturated rings. The molecular formula is C12H22ClF3N2O. The lowest BCUT2D eigenvalue weighted by Crippen LogP contribution is -2.46. The lowest BCUT2D eigenvalue weighted by molar-refractivity contribution is -0.150. The Morgan fingerprint density at radius 1 is 1.32 bits per heavy atom. The van der Waals surface area contributed by atoms with Crippen LogP contribution in [0.4, 0.5) is 13.2 Å². The van der Waals surface area contributed by atoms with Gasteiger partial charge < -0.3 is 10.2 Å². The van der Waals surface area contributed by atoms with Gasteiger partial charge in [-0.05, 0) is 32.4 Å². The molecule has 0 aromatic rings. The van der Waals surface area contributed by atoms with Crippen molar-refractivity contribution in [1.82, 2.24) is 10.2 Å². The molecule has 0 saturated carbocycles. The van der Waals surface area contributed by atoms with Crippen molar-refractivity contribution < 1.29 is 18.0 Å². The van der Waals surface area contributed by atoms with Gasteiger partial charge in [0.2, 0.25) is 5.91 Å². The first kappa shape index (κ1) is 18.5. The molecule has 0 unspecified atom stereocenters. The Morgan fingerprint density at radius 2 is 1.89 bits per heavy atom. The van der Waals surface area contributed by atoms with Crippen LogP contribution in [0.1, 0.15) is 39.0 Å². The summed E-state index contributed by atoms with van der Waals surface area (Å²) in [7, 11) is 0. The van der Waals surface area contributed by atoms with Crippen molar-refractivity contribution in [2.24, 2.45) is 0 Å². The summed E-state index contributed by atoms with van der Waals surface area (Å²) in [5, 5.41) is 3.19. The van der Waals surface area contributed by atoms with Crippen molar-refractivity contribution in [3.05, 3.63) is 0 Å². The van der Waals surface area contributed by atoms with Crippen LogP contribution in [-0.2, 0) is 4.79 Å². The van der Waals surface area contributed by atoms with Crippen LogP contribution in [0.3, 0.4) is 0 Å². The van der Waals surface area contributed by atoms with Crippen molar-refractivity contribution in [2.75, 3.05) is 19.6 Å². The molecule has 0 aromatic heterocycles. The normalized spacial score (nSPS) is 16.8. The number of piperidine rings is 1. The number of amides is 1. The second kappa shape index (κ2) is 8.64. The molecule has 0 aromatic carbocycles. The molecule has 0 bridgehead atoms. The predicted molar refractivity (Wildman–Crippen MR) is 70.4 cm³/mol. The average Bonchev–Trinajstić information content (AvgIpc) is 2.33. The van der Waals surface area contributed by atoms with E-state index < -0.39 is 19.0 Å². The number of carbonyl (C=O) groups excluding carboxylic acids is 1. The molecule has 0 aliphatic carbocycles. The Morgan fingerprint density at radius 3 is 2.37 bits per heavy atom. The minimum absolute atomic E-state index is 0. The summed E-state index contributed by atoms with van der Waals surface area (Å²) in [5.41, 5.74) is 0. The Labute approximate surface area is 118 Å². The van der Waals surface area contributed by atoms with Gasteiger partial charge >= 0.3 is 6.18 Å². The SMILES string of the molecule is CCCN(C(=O)CCC(F)(F)F)C1CCNCC1.Cl. The fraction of sp³-hybridized carbons (Fsp3) is 0.917. The Bertz CT molecular complexity index is 268. The highest BCUT2D eigenvalue weighted by molar-refractivity contribution is 5.85. The van der Waals surface area contributed by atoms with Gasteiger partial charge in [-0.1, -0.05) is 6.92 Å². The zero-order valence-electron chi connectivity index (χ0n) is 11.1. The highest BCUT2D eigenvalue weighted by atomic mass is 35.5. The number of nitrogens with zero attached hydrogens (tertiary/aromatic N) is 1. The molecule has 1 aliphatic rings. The van der Waals surface area contributed by atoms with Gasteiger partial charge in [0.1, 0.15) is 0 Å². The third-order valence-electron chi connectivity index (χ3n) is 3.16. The summed E-state index contributed by atoms with van der Waals surface area (Å²) < 4.78 is 36.4. The van der Waals surface area contributed by atoms with E-state index in [1.807, 2.05) is 6.92 Å². The molecule has 1 rings (SSSR count). The molecule has 1 N–H and O–H groups in total. The molecule has 7 heteroatoms. The number of halogens is 4. The lowest BCUT2D eigenvalue weighted by Gasteiger charge is -2.34. The van der Waals surface area contributed by atoms with Crippen molar-refractivity contribution >= 4 is 18.3 Å². The number of hydrogen-bond acceptors (Lipinski definition) is 2. The second-order valence-corrected chi connectivity index (χ2v) is 4.68. The van der Waals surface area contributed by atoms with E-state index >= 15 is 0 Å². The number of carbonyl (C=O) groups is 1. The van der Waals surface area contributed by atoms with E-state index in [1.54, 1.807) is 4.90 Å². The van der Waals surface area contributed by atoms with Crippen LogP contribution in [0.2, 0.25) is 0 Å². The van der Waals surface area contributed by atoms with Gasteiger partial charge in [0, 0.05) is 19.0 Å². The van der Waals surface area contributed by atoms with Gasteiger partial charge in [-0.15, -0.1) is 12.4 Å². The maximum absolute atomic E-state index is 12.1. The minimum Gasteiger partial charge on any atom is -0.340 e. The van der Waals surface area contributed by atoms with E-state index in [0.717, 1.165) is 32.4 Å². The summed E-state index contributed by atoms with van der Waals surface area (Å²) in [5.74, 6) is -0.360. The fourth-order valence-corrected chi connectivity index (χ4v) is 2.26. The third kappa shape index (κ3) is 7.01. The monoisotopic (exact) mass is 302 g/mol. The van der Waals surface area contributed by atoms with Crippen LogP contribution in [0.5, 0.6) is 0 Å². The number of rotatable bonds is 5. The number of hydrogen-bond donors (Lipinski definition) is 1. The standard InChI is InChI=1S/C12H21F3N2O.ClH/c1-2-9-17(10-4-7-16-8-5-10)11(18)3-6-12(13,14)15;/h10,16H,2-9H2,1H3;1H. The molecule has 0 radical (unpaired) electrons. The van der Waals surface area contributed by atoms with Crippen LogP contribution < -0.4 is 5.32 Å². The molecule has 1 heterocycles. The highest BCUT2D eigenvalue weighted by Crippen LogP contribution is 2.23. The molecule has 114 valence electrons. The lowest BCUT2D eigenvalue weighted by atomic mass is 10.0. The minimum atomic E-state index is -4.25. The topological polar surface area (TPSA) is 32.3 Å². The maximum Gasteiger partial charge on any atom is 0.389 e. The van der Waals surface area contributed by atoms with E-state index in [-0.39, 0.29) is 24.4 Å². The maximum atomic E-state index is 12.1. The zero-order valence-corrected chi connectivity index (χ0v) is 11.9. The van der Waals surface area contributed by atoms with E-state index in [0.29, 0.717) is 6.54 Å². The van der Waals surface area contributed by atoms with Gasteiger partial charge in [0.05, 0.1) is 6.42 Å². The van der Waals surface area contributed by atoms with Crippen molar-refractivity contribution in [1.29, 1.82) is 0 Å². The van der Waals surface area contributed by atoms with Crippen molar-refractivity contribution in [3.8, 4) is 0 Å². The molecule has 1 saturated heterocycles. The van der Waals surface area contributed by atoms with Gasteiger partial charge in [-0.2, -0.15) is 13.2 Å². The first-order chi connectivity index (χ1) is 8.44. The largest absolute Gasteiger partial charge is 0.389 e. The quantitative estimate of drug-likeness (QED) is 0.847. The Hall–Kier alpha value is -0.490. The molecular weight excluding hydrogens is 281 g/mol. The molecule has 0 spiro atoms. The first-order valence-corrected chi connectivity index (χ1v) is 6.51. The average molecular weight is 303 g/mol. The van der Waals surface area contributed by atoms with E-state index in [4.69, 9.17) is 0 Å². The Balaban J connectivity index is 0.00000324.